The smallest absolute Gasteiger partial charge is 0.332 e. The van der Waals surface area contributed by atoms with Crippen molar-refractivity contribution in [1.29, 1.82) is 0 Å². The van der Waals surface area contributed by atoms with Crippen molar-refractivity contribution < 1.29 is 27.5 Å². The summed E-state index contributed by atoms with van der Waals surface area (Å²) in [7, 11) is -3.63. The largest absolute Gasteiger partial charge is 0.454 e. The molecule has 1 amide bonds. The van der Waals surface area contributed by atoms with Crippen molar-refractivity contribution in [2.24, 2.45) is 0 Å². The predicted octanol–water partition coefficient (Wildman–Crippen LogP) is 1.02. The standard InChI is InChI=1S/C19H28N2O6S/c1-5-26-13-18(23)27-12-17(22)20-6-8-21(9-7-20)28(24,25)19-15(3)10-14(2)11-16(19)4/h10-11H,5-9,12-13H2,1-4H3. The van der Waals surface area contributed by atoms with E-state index in [9.17, 15) is 18.0 Å². The molecule has 0 spiro atoms. The Bertz CT molecular complexity index is 806. The zero-order valence-electron chi connectivity index (χ0n) is 16.9. The van der Waals surface area contributed by atoms with Gasteiger partial charge in [0.05, 0.1) is 4.90 Å². The van der Waals surface area contributed by atoms with Crippen LogP contribution in [0.25, 0.3) is 0 Å². The van der Waals surface area contributed by atoms with Gasteiger partial charge >= 0.3 is 5.97 Å². The van der Waals surface area contributed by atoms with Gasteiger partial charge in [-0.2, -0.15) is 4.31 Å². The molecule has 0 N–H and O–H groups in total. The van der Waals surface area contributed by atoms with Crippen molar-refractivity contribution in [2.75, 3.05) is 46.0 Å². The second kappa shape index (κ2) is 9.49. The molecule has 156 valence electrons. The number of sulfonamides is 1. The third-order valence-electron chi connectivity index (χ3n) is 4.57. The van der Waals surface area contributed by atoms with Crippen LogP contribution in [-0.4, -0.2) is 75.5 Å². The highest BCUT2D eigenvalue weighted by Gasteiger charge is 2.32. The van der Waals surface area contributed by atoms with E-state index >= 15 is 0 Å². The highest BCUT2D eigenvalue weighted by atomic mass is 32.2. The minimum absolute atomic E-state index is 0.189. The Hall–Kier alpha value is -1.97. The highest BCUT2D eigenvalue weighted by molar-refractivity contribution is 7.89. The van der Waals surface area contributed by atoms with Crippen LogP contribution >= 0.6 is 0 Å². The van der Waals surface area contributed by atoms with Crippen molar-refractivity contribution in [3.8, 4) is 0 Å². The predicted molar refractivity (Wildman–Crippen MR) is 103 cm³/mol. The number of esters is 1. The van der Waals surface area contributed by atoms with E-state index in [4.69, 9.17) is 9.47 Å². The minimum atomic E-state index is -3.63. The fourth-order valence-corrected chi connectivity index (χ4v) is 5.18. The van der Waals surface area contributed by atoms with Crippen LogP contribution < -0.4 is 0 Å². The monoisotopic (exact) mass is 412 g/mol. The average Bonchev–Trinajstić information content (AvgIpc) is 2.63. The van der Waals surface area contributed by atoms with Gasteiger partial charge in [-0.15, -0.1) is 0 Å². The van der Waals surface area contributed by atoms with Gasteiger partial charge in [0.15, 0.2) is 6.61 Å². The minimum Gasteiger partial charge on any atom is -0.454 e. The van der Waals surface area contributed by atoms with Gasteiger partial charge in [-0.3, -0.25) is 4.79 Å². The lowest BCUT2D eigenvalue weighted by Crippen LogP contribution is -2.51. The van der Waals surface area contributed by atoms with Gasteiger partial charge in [0.1, 0.15) is 6.61 Å². The summed E-state index contributed by atoms with van der Waals surface area (Å²) in [5, 5.41) is 0. The molecule has 9 heteroatoms. The molecule has 0 aliphatic carbocycles. The Morgan fingerprint density at radius 3 is 2.11 bits per heavy atom. The van der Waals surface area contributed by atoms with E-state index in [0.29, 0.717) is 11.5 Å². The van der Waals surface area contributed by atoms with Gasteiger partial charge in [-0.05, 0) is 38.8 Å². The molecule has 1 heterocycles. The number of amides is 1. The molecule has 0 aromatic heterocycles. The maximum absolute atomic E-state index is 13.1. The van der Waals surface area contributed by atoms with Gasteiger partial charge in [0, 0.05) is 32.8 Å². The summed E-state index contributed by atoms with van der Waals surface area (Å²) in [6, 6.07) is 3.71. The van der Waals surface area contributed by atoms with E-state index in [1.165, 1.54) is 9.21 Å². The molecular formula is C19H28N2O6S. The topological polar surface area (TPSA) is 93.2 Å². The molecule has 0 saturated carbocycles. The summed E-state index contributed by atoms with van der Waals surface area (Å²) in [6.07, 6.45) is 0. The Morgan fingerprint density at radius 1 is 1.00 bits per heavy atom. The fraction of sp³-hybridized carbons (Fsp3) is 0.579. The Morgan fingerprint density at radius 2 is 1.57 bits per heavy atom. The first-order valence-corrected chi connectivity index (χ1v) is 10.7. The van der Waals surface area contributed by atoms with Gasteiger partial charge in [0.25, 0.3) is 5.91 Å². The number of rotatable bonds is 7. The molecule has 1 aromatic rings. The highest BCUT2D eigenvalue weighted by Crippen LogP contribution is 2.26. The molecule has 1 aliphatic rings. The van der Waals surface area contributed by atoms with Crippen molar-refractivity contribution in [3.63, 3.8) is 0 Å². The number of nitrogens with zero attached hydrogens (tertiary/aromatic N) is 2. The van der Waals surface area contributed by atoms with E-state index in [1.54, 1.807) is 20.8 Å². The van der Waals surface area contributed by atoms with Crippen LogP contribution in [0.2, 0.25) is 0 Å². The van der Waals surface area contributed by atoms with Crippen molar-refractivity contribution in [2.45, 2.75) is 32.6 Å². The molecule has 0 radical (unpaired) electrons. The summed E-state index contributed by atoms with van der Waals surface area (Å²) >= 11 is 0. The van der Waals surface area contributed by atoms with Crippen LogP contribution in [0.3, 0.4) is 0 Å². The van der Waals surface area contributed by atoms with E-state index in [0.717, 1.165) is 16.7 Å². The number of ether oxygens (including phenoxy) is 2. The lowest BCUT2D eigenvalue weighted by molar-refractivity contribution is -0.156. The first-order chi connectivity index (χ1) is 13.2. The number of benzene rings is 1. The van der Waals surface area contributed by atoms with Crippen LogP contribution in [-0.2, 0) is 29.1 Å². The zero-order valence-corrected chi connectivity index (χ0v) is 17.7. The first kappa shape index (κ1) is 22.3. The number of hydrogen-bond acceptors (Lipinski definition) is 6. The lowest BCUT2D eigenvalue weighted by atomic mass is 10.1. The number of aryl methyl sites for hydroxylation is 3. The summed E-state index contributed by atoms with van der Waals surface area (Å²) in [6.45, 7) is 8.02. The van der Waals surface area contributed by atoms with Crippen LogP contribution in [0, 0.1) is 20.8 Å². The molecule has 1 aromatic carbocycles. The second-order valence-corrected chi connectivity index (χ2v) is 8.69. The van der Waals surface area contributed by atoms with Gasteiger partial charge < -0.3 is 14.4 Å². The molecule has 0 bridgehead atoms. The molecule has 1 aliphatic heterocycles. The summed E-state index contributed by atoms with van der Waals surface area (Å²) in [5.74, 6) is -0.939. The van der Waals surface area contributed by atoms with Gasteiger partial charge in [0.2, 0.25) is 10.0 Å². The summed E-state index contributed by atoms with van der Waals surface area (Å²) in [4.78, 5) is 25.4. The SMILES string of the molecule is CCOCC(=O)OCC(=O)N1CCN(S(=O)(=O)c2c(C)cc(C)cc2C)CC1. The van der Waals surface area contributed by atoms with E-state index < -0.39 is 16.0 Å². The Labute approximate surface area is 166 Å². The maximum Gasteiger partial charge on any atom is 0.332 e. The van der Waals surface area contributed by atoms with Gasteiger partial charge in [-0.1, -0.05) is 17.7 Å². The maximum atomic E-state index is 13.1. The molecule has 1 saturated heterocycles. The Kier molecular flexibility index (Phi) is 7.56. The normalized spacial score (nSPS) is 15.5. The quantitative estimate of drug-likeness (QED) is 0.621. The molecule has 2 rings (SSSR count). The number of hydrogen-bond donors (Lipinski definition) is 0. The molecular weight excluding hydrogens is 384 g/mol. The molecule has 1 fully saturated rings. The summed E-state index contributed by atoms with van der Waals surface area (Å²) < 4.78 is 37.3. The lowest BCUT2D eigenvalue weighted by Gasteiger charge is -2.34. The van der Waals surface area contributed by atoms with Crippen LogP contribution in [0.1, 0.15) is 23.6 Å². The van der Waals surface area contributed by atoms with E-state index in [-0.39, 0.29) is 45.3 Å². The number of carbonyl (C=O) groups is 2. The zero-order chi connectivity index (χ0) is 20.9. The van der Waals surface area contributed by atoms with E-state index in [2.05, 4.69) is 0 Å². The Balaban J connectivity index is 1.96. The summed E-state index contributed by atoms with van der Waals surface area (Å²) in [5.41, 5.74) is 2.46. The van der Waals surface area contributed by atoms with Crippen LogP contribution in [0.15, 0.2) is 17.0 Å². The number of piperazine rings is 1. The van der Waals surface area contributed by atoms with Crippen molar-refractivity contribution in [1.82, 2.24) is 9.21 Å². The molecule has 0 atom stereocenters. The molecule has 28 heavy (non-hydrogen) atoms. The number of carbonyl (C=O) groups excluding carboxylic acids is 2. The van der Waals surface area contributed by atoms with Crippen molar-refractivity contribution >= 4 is 21.9 Å². The first-order valence-electron chi connectivity index (χ1n) is 9.26. The fourth-order valence-electron chi connectivity index (χ4n) is 3.34. The van der Waals surface area contributed by atoms with E-state index in [1.807, 2.05) is 19.1 Å². The van der Waals surface area contributed by atoms with Crippen LogP contribution in [0.5, 0.6) is 0 Å². The van der Waals surface area contributed by atoms with Crippen molar-refractivity contribution in [3.05, 3.63) is 28.8 Å². The molecule has 8 nitrogen and oxygen atoms in total. The third kappa shape index (κ3) is 5.30. The second-order valence-electron chi connectivity index (χ2n) is 6.81. The van der Waals surface area contributed by atoms with Gasteiger partial charge in [-0.25, -0.2) is 13.2 Å². The average molecular weight is 413 g/mol. The third-order valence-corrected chi connectivity index (χ3v) is 6.78. The van der Waals surface area contributed by atoms with Crippen LogP contribution in [0.4, 0.5) is 0 Å². The molecule has 0 unspecified atom stereocenters.